The van der Waals surface area contributed by atoms with Crippen molar-refractivity contribution in [2.45, 2.75) is 12.8 Å². The molecule has 1 aliphatic rings. The lowest BCUT2D eigenvalue weighted by atomic mass is 10.3. The van der Waals surface area contributed by atoms with E-state index in [0.717, 1.165) is 12.8 Å². The number of nitrogens with zero attached hydrogens (tertiary/aromatic N) is 1. The molecule has 2 rings (SSSR count). The number of rotatable bonds is 8. The third-order valence-corrected chi connectivity index (χ3v) is 3.95. The fourth-order valence-electron chi connectivity index (χ4n) is 2.01. The summed E-state index contributed by atoms with van der Waals surface area (Å²) in [6.07, 6.45) is 2.16. The lowest BCUT2D eigenvalue weighted by Gasteiger charge is -2.19. The number of nitrogens with two attached hydrogens (primary N) is 1. The van der Waals surface area contributed by atoms with E-state index in [9.17, 15) is 14.4 Å². The predicted octanol–water partition coefficient (Wildman–Crippen LogP) is 0.582. The average molecular weight is 311 g/mol. The fourth-order valence-corrected chi connectivity index (χ4v) is 2.82. The van der Waals surface area contributed by atoms with Gasteiger partial charge in [0.2, 0.25) is 5.91 Å². The quantitative estimate of drug-likeness (QED) is 0.650. The van der Waals surface area contributed by atoms with Crippen molar-refractivity contribution in [3.05, 3.63) is 17.0 Å². The van der Waals surface area contributed by atoms with Crippen LogP contribution < -0.4 is 11.1 Å². The van der Waals surface area contributed by atoms with Crippen LogP contribution in [-0.2, 0) is 9.59 Å². The maximum Gasteiger partial charge on any atom is 0.317 e. The monoisotopic (exact) mass is 311 g/mol. The zero-order chi connectivity index (χ0) is 15.4. The number of carboxylic acid groups (broad SMARTS) is 1. The summed E-state index contributed by atoms with van der Waals surface area (Å²) in [5.74, 6) is -1.42. The van der Waals surface area contributed by atoms with Gasteiger partial charge in [0.1, 0.15) is 5.00 Å². The van der Waals surface area contributed by atoms with Gasteiger partial charge in [0.25, 0.3) is 5.91 Å². The van der Waals surface area contributed by atoms with Gasteiger partial charge in [-0.15, -0.1) is 11.3 Å². The topological polar surface area (TPSA) is 113 Å². The molecule has 1 aliphatic carbocycles. The molecule has 1 aromatic heterocycles. The Bertz CT molecular complexity index is 553. The van der Waals surface area contributed by atoms with Gasteiger partial charge >= 0.3 is 5.97 Å². The van der Waals surface area contributed by atoms with Gasteiger partial charge in [-0.05, 0) is 30.2 Å². The number of carbonyl (C=O) groups is 3. The van der Waals surface area contributed by atoms with Gasteiger partial charge in [-0.25, -0.2) is 0 Å². The highest BCUT2D eigenvalue weighted by molar-refractivity contribution is 7.14. The predicted molar refractivity (Wildman–Crippen MR) is 78.3 cm³/mol. The van der Waals surface area contributed by atoms with Crippen molar-refractivity contribution in [3.63, 3.8) is 0 Å². The second-order valence-corrected chi connectivity index (χ2v) is 6.00. The number of primary amides is 1. The molecule has 0 radical (unpaired) electrons. The van der Waals surface area contributed by atoms with Crippen molar-refractivity contribution in [2.24, 2.45) is 11.7 Å². The lowest BCUT2D eigenvalue weighted by Crippen LogP contribution is -2.38. The van der Waals surface area contributed by atoms with E-state index in [0.29, 0.717) is 17.5 Å². The number of amides is 2. The largest absolute Gasteiger partial charge is 0.480 e. The standard InChI is InChI=1S/C13H17N3O4S/c14-12(20)9-3-4-21-13(9)15-10(17)6-16(7-11(18)19)5-8-1-2-8/h3-4,8H,1-2,5-7H2,(H2,14,20)(H,15,17)(H,18,19). The third kappa shape index (κ3) is 4.83. The first-order valence-electron chi connectivity index (χ1n) is 6.57. The number of hydrogen-bond acceptors (Lipinski definition) is 5. The van der Waals surface area contributed by atoms with E-state index in [1.165, 1.54) is 11.3 Å². The summed E-state index contributed by atoms with van der Waals surface area (Å²) in [4.78, 5) is 35.6. The van der Waals surface area contributed by atoms with Gasteiger partial charge < -0.3 is 16.2 Å². The highest BCUT2D eigenvalue weighted by Gasteiger charge is 2.26. The summed E-state index contributed by atoms with van der Waals surface area (Å²) >= 11 is 1.21. The minimum absolute atomic E-state index is 0.0150. The molecule has 0 bridgehead atoms. The normalized spacial score (nSPS) is 14.1. The van der Waals surface area contributed by atoms with Gasteiger partial charge in [-0.3, -0.25) is 19.3 Å². The van der Waals surface area contributed by atoms with E-state index in [1.807, 2.05) is 0 Å². The van der Waals surface area contributed by atoms with Gasteiger partial charge in [-0.2, -0.15) is 0 Å². The van der Waals surface area contributed by atoms with E-state index in [-0.39, 0.29) is 24.6 Å². The number of carboxylic acids is 1. The van der Waals surface area contributed by atoms with Crippen molar-refractivity contribution in [2.75, 3.05) is 25.0 Å². The molecular weight excluding hydrogens is 294 g/mol. The first-order valence-corrected chi connectivity index (χ1v) is 7.45. The van der Waals surface area contributed by atoms with E-state index in [2.05, 4.69) is 5.32 Å². The molecule has 7 nitrogen and oxygen atoms in total. The van der Waals surface area contributed by atoms with Crippen molar-refractivity contribution in [1.29, 1.82) is 0 Å². The Kier molecular flexibility index (Phi) is 4.92. The SMILES string of the molecule is NC(=O)c1ccsc1NC(=O)CN(CC(=O)O)CC1CC1. The Balaban J connectivity index is 1.92. The summed E-state index contributed by atoms with van der Waals surface area (Å²) in [5, 5.41) is 13.5. The number of hydrogen-bond donors (Lipinski definition) is 3. The molecule has 114 valence electrons. The Morgan fingerprint density at radius 1 is 1.38 bits per heavy atom. The summed E-state index contributed by atoms with van der Waals surface area (Å²) < 4.78 is 0. The van der Waals surface area contributed by atoms with Crippen LogP contribution in [0.1, 0.15) is 23.2 Å². The van der Waals surface area contributed by atoms with Crippen LogP contribution in [0.2, 0.25) is 0 Å². The van der Waals surface area contributed by atoms with Crippen LogP contribution in [-0.4, -0.2) is 47.4 Å². The van der Waals surface area contributed by atoms with E-state index in [4.69, 9.17) is 10.8 Å². The molecule has 0 aliphatic heterocycles. The van der Waals surface area contributed by atoms with Crippen molar-refractivity contribution >= 4 is 34.1 Å². The molecule has 0 spiro atoms. The average Bonchev–Trinajstić information content (AvgIpc) is 3.04. The molecule has 0 atom stereocenters. The van der Waals surface area contributed by atoms with E-state index < -0.39 is 11.9 Å². The maximum atomic E-state index is 12.0. The Morgan fingerprint density at radius 3 is 2.67 bits per heavy atom. The van der Waals surface area contributed by atoms with Crippen molar-refractivity contribution in [1.82, 2.24) is 4.90 Å². The molecule has 8 heteroatoms. The van der Waals surface area contributed by atoms with Crippen LogP contribution in [0.25, 0.3) is 0 Å². The van der Waals surface area contributed by atoms with Crippen LogP contribution in [0.15, 0.2) is 11.4 Å². The smallest absolute Gasteiger partial charge is 0.317 e. The van der Waals surface area contributed by atoms with Gasteiger partial charge in [-0.1, -0.05) is 0 Å². The van der Waals surface area contributed by atoms with E-state index >= 15 is 0 Å². The van der Waals surface area contributed by atoms with Crippen molar-refractivity contribution in [3.8, 4) is 0 Å². The highest BCUT2D eigenvalue weighted by Crippen LogP contribution is 2.29. The second kappa shape index (κ2) is 6.68. The molecule has 1 saturated carbocycles. The van der Waals surface area contributed by atoms with Crippen molar-refractivity contribution < 1.29 is 19.5 Å². The van der Waals surface area contributed by atoms with Crippen LogP contribution in [0, 0.1) is 5.92 Å². The molecule has 1 fully saturated rings. The minimum Gasteiger partial charge on any atom is -0.480 e. The molecule has 21 heavy (non-hydrogen) atoms. The van der Waals surface area contributed by atoms with Crippen LogP contribution >= 0.6 is 11.3 Å². The molecule has 0 unspecified atom stereocenters. The number of carbonyl (C=O) groups excluding carboxylic acids is 2. The van der Waals surface area contributed by atoms with Gasteiger partial charge in [0.15, 0.2) is 0 Å². The number of anilines is 1. The lowest BCUT2D eigenvalue weighted by molar-refractivity contribution is -0.138. The molecule has 4 N–H and O–H groups in total. The van der Waals surface area contributed by atoms with Gasteiger partial charge in [0, 0.05) is 6.54 Å². The number of thiophene rings is 1. The maximum absolute atomic E-state index is 12.0. The highest BCUT2D eigenvalue weighted by atomic mass is 32.1. The zero-order valence-corrected chi connectivity index (χ0v) is 12.2. The second-order valence-electron chi connectivity index (χ2n) is 5.08. The molecule has 0 saturated heterocycles. The summed E-state index contributed by atoms with van der Waals surface area (Å²) in [6, 6.07) is 1.54. The summed E-state index contributed by atoms with van der Waals surface area (Å²) in [7, 11) is 0. The Hall–Kier alpha value is -1.93. The number of nitrogens with one attached hydrogen (secondary N) is 1. The molecular formula is C13H17N3O4S. The third-order valence-electron chi connectivity index (χ3n) is 3.12. The van der Waals surface area contributed by atoms with Crippen LogP contribution in [0.3, 0.4) is 0 Å². The molecule has 2 amide bonds. The first kappa shape index (κ1) is 15.5. The zero-order valence-electron chi connectivity index (χ0n) is 11.4. The van der Waals surface area contributed by atoms with Crippen LogP contribution in [0.5, 0.6) is 0 Å². The molecule has 1 heterocycles. The van der Waals surface area contributed by atoms with Gasteiger partial charge in [0.05, 0.1) is 18.7 Å². The first-order chi connectivity index (χ1) is 9.95. The molecule has 1 aromatic rings. The van der Waals surface area contributed by atoms with Crippen LogP contribution in [0.4, 0.5) is 5.00 Å². The summed E-state index contributed by atoms with van der Waals surface area (Å²) in [5.41, 5.74) is 5.47. The van der Waals surface area contributed by atoms with E-state index in [1.54, 1.807) is 16.3 Å². The Labute approximate surface area is 125 Å². The minimum atomic E-state index is -0.961. The Morgan fingerprint density at radius 2 is 2.10 bits per heavy atom. The summed E-state index contributed by atoms with van der Waals surface area (Å²) in [6.45, 7) is 0.419. The number of aliphatic carboxylic acids is 1. The molecule has 0 aromatic carbocycles. The fraction of sp³-hybridized carbons (Fsp3) is 0.462.